The molecule has 2 N–H and O–H groups in total. The third kappa shape index (κ3) is 2.28. The van der Waals surface area contributed by atoms with Gasteiger partial charge < -0.3 is 20.5 Å². The van der Waals surface area contributed by atoms with E-state index in [-0.39, 0.29) is 18.1 Å². The maximum Gasteiger partial charge on any atom is 0.323 e. The lowest BCUT2D eigenvalue weighted by Crippen LogP contribution is -2.35. The smallest absolute Gasteiger partial charge is 0.323 e. The second kappa shape index (κ2) is 4.38. The Morgan fingerprint density at radius 2 is 2.16 bits per heavy atom. The van der Waals surface area contributed by atoms with E-state index in [0.717, 1.165) is 4.57 Å². The minimum absolute atomic E-state index is 0.0418. The Hall–Kier alpha value is -2.38. The number of nitrogens with one attached hydrogen (secondary N) is 1. The molecule has 1 aromatic heterocycles. The second-order valence-corrected chi connectivity index (χ2v) is 4.66. The Labute approximate surface area is 108 Å². The van der Waals surface area contributed by atoms with Gasteiger partial charge in [0.15, 0.2) is 5.69 Å². The van der Waals surface area contributed by atoms with Crippen molar-refractivity contribution >= 4 is 17.7 Å². The van der Waals surface area contributed by atoms with Crippen LogP contribution in [0.2, 0.25) is 0 Å². The van der Waals surface area contributed by atoms with Crippen LogP contribution in [-0.4, -0.2) is 33.0 Å². The van der Waals surface area contributed by atoms with Crippen molar-refractivity contribution in [2.24, 2.45) is 12.5 Å². The van der Waals surface area contributed by atoms with E-state index in [9.17, 15) is 19.7 Å². The van der Waals surface area contributed by atoms with Gasteiger partial charge in [-0.25, -0.2) is 4.57 Å². The fourth-order valence-electron chi connectivity index (χ4n) is 1.87. The first kappa shape index (κ1) is 13.1. The van der Waals surface area contributed by atoms with Crippen LogP contribution in [0.3, 0.4) is 0 Å². The molecule has 0 bridgehead atoms. The largest absolute Gasteiger partial charge is 0.481 e. The standard InChI is InChI=1S/C11H13N3O5/c1-13-7(2-3-8(13)14(18)19)9(15)12-6-11(4-5-11)10(16)17/h2-3H,4-6H2,1H3,(H,12,15)(H,16,17). The highest BCUT2D eigenvalue weighted by molar-refractivity contribution is 5.93. The summed E-state index contributed by atoms with van der Waals surface area (Å²) in [6, 6.07) is 2.58. The van der Waals surface area contributed by atoms with Crippen LogP contribution in [0, 0.1) is 15.5 Å². The number of rotatable bonds is 5. The van der Waals surface area contributed by atoms with Crippen molar-refractivity contribution in [3.8, 4) is 0 Å². The van der Waals surface area contributed by atoms with Crippen LogP contribution in [0.4, 0.5) is 5.82 Å². The van der Waals surface area contributed by atoms with E-state index in [0.29, 0.717) is 12.8 Å². The highest BCUT2D eigenvalue weighted by Gasteiger charge is 2.50. The van der Waals surface area contributed by atoms with Gasteiger partial charge in [0.25, 0.3) is 5.91 Å². The van der Waals surface area contributed by atoms with E-state index >= 15 is 0 Å². The summed E-state index contributed by atoms with van der Waals surface area (Å²) in [5.41, 5.74) is -0.722. The molecule has 19 heavy (non-hydrogen) atoms. The molecule has 1 amide bonds. The van der Waals surface area contributed by atoms with E-state index in [1.165, 1.54) is 19.2 Å². The maximum absolute atomic E-state index is 11.9. The number of carboxylic acids is 1. The fourth-order valence-corrected chi connectivity index (χ4v) is 1.87. The molecule has 1 saturated carbocycles. The fraction of sp³-hybridized carbons (Fsp3) is 0.455. The molecule has 0 aromatic carbocycles. The first-order chi connectivity index (χ1) is 8.87. The van der Waals surface area contributed by atoms with E-state index in [2.05, 4.69) is 5.32 Å². The summed E-state index contributed by atoms with van der Waals surface area (Å²) in [7, 11) is 1.41. The lowest BCUT2D eigenvalue weighted by atomic mass is 10.1. The molecule has 0 unspecified atom stereocenters. The highest BCUT2D eigenvalue weighted by Crippen LogP contribution is 2.45. The van der Waals surface area contributed by atoms with Gasteiger partial charge >= 0.3 is 11.8 Å². The second-order valence-electron chi connectivity index (χ2n) is 4.66. The number of nitro groups is 1. The normalized spacial score (nSPS) is 15.8. The van der Waals surface area contributed by atoms with E-state index in [1.54, 1.807) is 0 Å². The summed E-state index contributed by atoms with van der Waals surface area (Å²) in [6.07, 6.45) is 1.08. The van der Waals surface area contributed by atoms with Gasteiger partial charge in [0.2, 0.25) is 0 Å². The quantitative estimate of drug-likeness (QED) is 0.596. The number of hydrogen-bond acceptors (Lipinski definition) is 4. The van der Waals surface area contributed by atoms with Crippen LogP contribution in [0.15, 0.2) is 12.1 Å². The molecule has 1 fully saturated rings. The zero-order valence-corrected chi connectivity index (χ0v) is 10.3. The summed E-state index contributed by atoms with van der Waals surface area (Å²) in [6.45, 7) is 0.0418. The molecular weight excluding hydrogens is 254 g/mol. The molecule has 1 aliphatic rings. The number of nitrogens with zero attached hydrogens (tertiary/aromatic N) is 2. The van der Waals surface area contributed by atoms with Gasteiger partial charge in [-0.1, -0.05) is 0 Å². The minimum atomic E-state index is -0.925. The average Bonchev–Trinajstić information content (AvgIpc) is 3.03. The minimum Gasteiger partial charge on any atom is -0.481 e. The van der Waals surface area contributed by atoms with Crippen LogP contribution in [-0.2, 0) is 11.8 Å². The number of amides is 1. The maximum atomic E-state index is 11.9. The van der Waals surface area contributed by atoms with Crippen molar-refractivity contribution in [3.05, 3.63) is 27.9 Å². The molecule has 8 nitrogen and oxygen atoms in total. The Morgan fingerprint density at radius 3 is 2.58 bits per heavy atom. The van der Waals surface area contributed by atoms with E-state index in [1.807, 2.05) is 0 Å². The summed E-state index contributed by atoms with van der Waals surface area (Å²) in [5.74, 6) is -1.63. The topological polar surface area (TPSA) is 114 Å². The van der Waals surface area contributed by atoms with Crippen molar-refractivity contribution in [2.45, 2.75) is 12.8 Å². The SMILES string of the molecule is Cn1c(C(=O)NCC2(C(=O)O)CC2)ccc1[N+](=O)[O-]. The number of carboxylic acid groups (broad SMARTS) is 1. The molecule has 0 radical (unpaired) electrons. The molecule has 0 spiro atoms. The van der Waals surface area contributed by atoms with Crippen molar-refractivity contribution in [3.63, 3.8) is 0 Å². The first-order valence-corrected chi connectivity index (χ1v) is 5.69. The summed E-state index contributed by atoms with van der Waals surface area (Å²) in [5, 5.41) is 22.1. The van der Waals surface area contributed by atoms with Gasteiger partial charge in [0, 0.05) is 12.6 Å². The molecule has 102 valence electrons. The third-order valence-electron chi connectivity index (χ3n) is 3.41. The average molecular weight is 267 g/mol. The molecule has 0 atom stereocenters. The zero-order valence-electron chi connectivity index (χ0n) is 10.3. The molecule has 1 heterocycles. The molecule has 0 saturated heterocycles. The summed E-state index contributed by atoms with van der Waals surface area (Å²) < 4.78 is 1.16. The Kier molecular flexibility index (Phi) is 3.01. The monoisotopic (exact) mass is 267 g/mol. The zero-order chi connectivity index (χ0) is 14.2. The third-order valence-corrected chi connectivity index (χ3v) is 3.41. The van der Waals surface area contributed by atoms with Crippen LogP contribution < -0.4 is 5.32 Å². The predicted molar refractivity (Wildman–Crippen MR) is 63.7 cm³/mol. The van der Waals surface area contributed by atoms with E-state index < -0.39 is 22.2 Å². The Bertz CT molecular complexity index is 559. The number of aromatic nitrogens is 1. The van der Waals surface area contributed by atoms with Crippen molar-refractivity contribution in [2.75, 3.05) is 6.54 Å². The van der Waals surface area contributed by atoms with Crippen molar-refractivity contribution < 1.29 is 19.6 Å². The van der Waals surface area contributed by atoms with Crippen LogP contribution in [0.1, 0.15) is 23.3 Å². The van der Waals surface area contributed by atoms with Gasteiger partial charge in [-0.2, -0.15) is 0 Å². The van der Waals surface area contributed by atoms with Gasteiger partial charge in [-0.3, -0.25) is 9.59 Å². The van der Waals surface area contributed by atoms with Crippen molar-refractivity contribution in [1.29, 1.82) is 0 Å². The van der Waals surface area contributed by atoms with Crippen LogP contribution in [0.5, 0.6) is 0 Å². The Morgan fingerprint density at radius 1 is 1.53 bits per heavy atom. The first-order valence-electron chi connectivity index (χ1n) is 5.69. The van der Waals surface area contributed by atoms with Crippen LogP contribution in [0.25, 0.3) is 0 Å². The van der Waals surface area contributed by atoms with Crippen LogP contribution >= 0.6 is 0 Å². The summed E-state index contributed by atoms with van der Waals surface area (Å²) >= 11 is 0. The molecule has 2 rings (SSSR count). The Balaban J connectivity index is 2.05. The van der Waals surface area contributed by atoms with Crippen molar-refractivity contribution in [1.82, 2.24) is 9.88 Å². The lowest BCUT2D eigenvalue weighted by Gasteiger charge is -2.10. The molecular formula is C11H13N3O5. The number of hydrogen-bond donors (Lipinski definition) is 2. The predicted octanol–water partition coefficient (Wildman–Crippen LogP) is 0.528. The number of carbonyl (C=O) groups excluding carboxylic acids is 1. The van der Waals surface area contributed by atoms with E-state index in [4.69, 9.17) is 5.11 Å². The number of carbonyl (C=O) groups is 2. The molecule has 1 aromatic rings. The number of aliphatic carboxylic acids is 1. The highest BCUT2D eigenvalue weighted by atomic mass is 16.6. The van der Waals surface area contributed by atoms with Gasteiger partial charge in [0.1, 0.15) is 0 Å². The molecule has 1 aliphatic carbocycles. The van der Waals surface area contributed by atoms with Gasteiger partial charge in [-0.05, 0) is 23.8 Å². The molecule has 0 aliphatic heterocycles. The lowest BCUT2D eigenvalue weighted by molar-refractivity contribution is -0.391. The van der Waals surface area contributed by atoms with Gasteiger partial charge in [-0.15, -0.1) is 0 Å². The summed E-state index contributed by atoms with van der Waals surface area (Å²) in [4.78, 5) is 32.9. The van der Waals surface area contributed by atoms with Gasteiger partial charge in [0.05, 0.1) is 12.5 Å². The molecule has 8 heteroatoms.